The van der Waals surface area contributed by atoms with Crippen LogP contribution in [0.2, 0.25) is 0 Å². The van der Waals surface area contributed by atoms with Gasteiger partial charge in [-0.2, -0.15) is 0 Å². The second kappa shape index (κ2) is 10.4. The molecule has 0 aliphatic rings. The number of nitrogens with one attached hydrogen (secondary N) is 1. The van der Waals surface area contributed by atoms with Gasteiger partial charge in [0.1, 0.15) is 17.6 Å². The molecule has 0 spiro atoms. The van der Waals surface area contributed by atoms with E-state index in [4.69, 9.17) is 4.74 Å². The van der Waals surface area contributed by atoms with Crippen molar-refractivity contribution in [1.82, 2.24) is 10.2 Å². The zero-order chi connectivity index (χ0) is 20.5. The summed E-state index contributed by atoms with van der Waals surface area (Å²) >= 11 is 0. The van der Waals surface area contributed by atoms with Crippen LogP contribution in [0.5, 0.6) is 5.75 Å². The molecule has 150 valence electrons. The summed E-state index contributed by atoms with van der Waals surface area (Å²) in [5.74, 6) is -0.463. The van der Waals surface area contributed by atoms with E-state index in [9.17, 15) is 14.0 Å². The molecule has 2 amide bonds. The largest absolute Gasteiger partial charge is 0.484 e. The lowest BCUT2D eigenvalue weighted by molar-refractivity contribution is -0.142. The first kappa shape index (κ1) is 21.4. The molecule has 6 heteroatoms. The van der Waals surface area contributed by atoms with Gasteiger partial charge in [-0.3, -0.25) is 9.59 Å². The Hall–Kier alpha value is -2.89. The number of aryl methyl sites for hydroxylation is 1. The monoisotopic (exact) mass is 386 g/mol. The van der Waals surface area contributed by atoms with Crippen molar-refractivity contribution in [3.8, 4) is 5.75 Å². The molecule has 0 radical (unpaired) electrons. The Morgan fingerprint density at radius 2 is 1.86 bits per heavy atom. The predicted molar refractivity (Wildman–Crippen MR) is 106 cm³/mol. The number of carbonyl (C=O) groups is 2. The maximum atomic E-state index is 13.0. The van der Waals surface area contributed by atoms with E-state index in [1.54, 1.807) is 4.90 Å². The van der Waals surface area contributed by atoms with Crippen LogP contribution >= 0.6 is 0 Å². The second-order valence-electron chi connectivity index (χ2n) is 6.57. The van der Waals surface area contributed by atoms with Crippen molar-refractivity contribution in [3.05, 3.63) is 65.5 Å². The summed E-state index contributed by atoms with van der Waals surface area (Å²) in [7, 11) is 0. The molecule has 1 atom stereocenters. The lowest BCUT2D eigenvalue weighted by Gasteiger charge is -2.30. The third-order valence-corrected chi connectivity index (χ3v) is 4.35. The van der Waals surface area contributed by atoms with Crippen LogP contribution in [0.25, 0.3) is 0 Å². The molecule has 0 heterocycles. The van der Waals surface area contributed by atoms with Crippen LogP contribution in [0, 0.1) is 12.7 Å². The quantitative estimate of drug-likeness (QED) is 0.718. The summed E-state index contributed by atoms with van der Waals surface area (Å²) in [5, 5.41) is 2.79. The molecule has 1 N–H and O–H groups in total. The zero-order valence-electron chi connectivity index (χ0n) is 16.6. The number of carbonyl (C=O) groups excluding carboxylic acids is 2. The van der Waals surface area contributed by atoms with Crippen molar-refractivity contribution >= 4 is 11.8 Å². The molecule has 5 nitrogen and oxygen atoms in total. The average molecular weight is 386 g/mol. The SMILES string of the molecule is CCNC(=O)C(CC)N(Cc1cccc(C)c1)C(=O)COc1ccc(F)cc1. The van der Waals surface area contributed by atoms with Gasteiger partial charge in [0, 0.05) is 13.1 Å². The van der Waals surface area contributed by atoms with Crippen molar-refractivity contribution in [2.24, 2.45) is 0 Å². The topological polar surface area (TPSA) is 58.6 Å². The molecule has 28 heavy (non-hydrogen) atoms. The predicted octanol–water partition coefficient (Wildman–Crippen LogP) is 3.46. The van der Waals surface area contributed by atoms with Gasteiger partial charge in [0.05, 0.1) is 0 Å². The number of amides is 2. The van der Waals surface area contributed by atoms with Crippen LogP contribution in [0.1, 0.15) is 31.4 Å². The Morgan fingerprint density at radius 1 is 1.14 bits per heavy atom. The van der Waals surface area contributed by atoms with E-state index >= 15 is 0 Å². The minimum atomic E-state index is -0.593. The van der Waals surface area contributed by atoms with Gasteiger partial charge >= 0.3 is 0 Å². The summed E-state index contributed by atoms with van der Waals surface area (Å²) in [5.41, 5.74) is 2.02. The molecule has 0 saturated heterocycles. The van der Waals surface area contributed by atoms with E-state index in [0.717, 1.165) is 11.1 Å². The summed E-state index contributed by atoms with van der Waals surface area (Å²) in [6, 6.07) is 12.7. The first-order valence-electron chi connectivity index (χ1n) is 9.45. The second-order valence-corrected chi connectivity index (χ2v) is 6.57. The Bertz CT molecular complexity index is 793. The van der Waals surface area contributed by atoms with Gasteiger partial charge in [0.2, 0.25) is 5.91 Å². The van der Waals surface area contributed by atoms with Gasteiger partial charge in [-0.15, -0.1) is 0 Å². The number of hydrogen-bond acceptors (Lipinski definition) is 3. The normalized spacial score (nSPS) is 11.6. The van der Waals surface area contributed by atoms with Gasteiger partial charge < -0.3 is 15.0 Å². The van der Waals surface area contributed by atoms with Crippen LogP contribution in [0.4, 0.5) is 4.39 Å². The van der Waals surface area contributed by atoms with Gasteiger partial charge in [0.15, 0.2) is 6.61 Å². The van der Waals surface area contributed by atoms with Crippen molar-refractivity contribution in [1.29, 1.82) is 0 Å². The highest BCUT2D eigenvalue weighted by atomic mass is 19.1. The summed E-state index contributed by atoms with van der Waals surface area (Å²) < 4.78 is 18.5. The number of benzene rings is 2. The standard InChI is InChI=1S/C22H27FN2O3/c1-4-20(22(27)24-5-2)25(14-17-8-6-7-16(3)13-17)21(26)15-28-19-11-9-18(23)10-12-19/h6-13,20H,4-5,14-15H2,1-3H3,(H,24,27). The Morgan fingerprint density at radius 3 is 2.46 bits per heavy atom. The molecule has 2 rings (SSSR count). The number of hydrogen-bond donors (Lipinski definition) is 1. The minimum Gasteiger partial charge on any atom is -0.484 e. The van der Waals surface area contributed by atoms with Crippen molar-refractivity contribution in [3.63, 3.8) is 0 Å². The Balaban J connectivity index is 2.18. The molecular weight excluding hydrogens is 359 g/mol. The van der Waals surface area contributed by atoms with Crippen molar-refractivity contribution < 1.29 is 18.7 Å². The lowest BCUT2D eigenvalue weighted by Crippen LogP contribution is -2.50. The first-order chi connectivity index (χ1) is 13.4. The van der Waals surface area contributed by atoms with Gasteiger partial charge in [0.25, 0.3) is 5.91 Å². The molecule has 0 saturated carbocycles. The van der Waals surface area contributed by atoms with E-state index in [-0.39, 0.29) is 24.2 Å². The molecule has 0 aliphatic heterocycles. The van der Waals surface area contributed by atoms with Crippen molar-refractivity contribution in [2.45, 2.75) is 39.8 Å². The van der Waals surface area contributed by atoms with Crippen LogP contribution in [0.3, 0.4) is 0 Å². The molecule has 0 bridgehead atoms. The molecular formula is C22H27FN2O3. The van der Waals surface area contributed by atoms with E-state index in [1.165, 1.54) is 24.3 Å². The van der Waals surface area contributed by atoms with Crippen LogP contribution in [-0.2, 0) is 16.1 Å². The lowest BCUT2D eigenvalue weighted by atomic mass is 10.1. The third kappa shape index (κ3) is 6.08. The van der Waals surface area contributed by atoms with E-state index in [1.807, 2.05) is 45.0 Å². The highest BCUT2D eigenvalue weighted by Gasteiger charge is 2.28. The minimum absolute atomic E-state index is 0.187. The Labute approximate surface area is 165 Å². The highest BCUT2D eigenvalue weighted by Crippen LogP contribution is 2.15. The Kier molecular flexibility index (Phi) is 7.99. The average Bonchev–Trinajstić information content (AvgIpc) is 2.67. The zero-order valence-corrected chi connectivity index (χ0v) is 16.6. The number of ether oxygens (including phenoxy) is 1. The van der Waals surface area contributed by atoms with Gasteiger partial charge in [-0.1, -0.05) is 36.8 Å². The number of nitrogens with zero attached hydrogens (tertiary/aromatic N) is 1. The fraction of sp³-hybridized carbons (Fsp3) is 0.364. The molecule has 2 aromatic rings. The number of halogens is 1. The number of likely N-dealkylation sites (N-methyl/N-ethyl adjacent to an activating group) is 1. The fourth-order valence-corrected chi connectivity index (χ4v) is 2.98. The van der Waals surface area contributed by atoms with E-state index in [2.05, 4.69) is 5.32 Å². The van der Waals surface area contributed by atoms with E-state index in [0.29, 0.717) is 25.3 Å². The molecule has 0 aromatic heterocycles. The molecule has 0 aliphatic carbocycles. The summed E-state index contributed by atoms with van der Waals surface area (Å²) in [6.45, 7) is 6.27. The van der Waals surface area contributed by atoms with Gasteiger partial charge in [-0.05, 0) is 50.1 Å². The van der Waals surface area contributed by atoms with Crippen molar-refractivity contribution in [2.75, 3.05) is 13.2 Å². The molecule has 0 fully saturated rings. The van der Waals surface area contributed by atoms with Crippen LogP contribution in [0.15, 0.2) is 48.5 Å². The summed E-state index contributed by atoms with van der Waals surface area (Å²) in [6.07, 6.45) is 0.486. The fourth-order valence-electron chi connectivity index (χ4n) is 2.98. The van der Waals surface area contributed by atoms with Crippen LogP contribution < -0.4 is 10.1 Å². The van der Waals surface area contributed by atoms with Crippen LogP contribution in [-0.4, -0.2) is 35.9 Å². The van der Waals surface area contributed by atoms with E-state index < -0.39 is 6.04 Å². The molecule has 1 unspecified atom stereocenters. The third-order valence-electron chi connectivity index (χ3n) is 4.35. The smallest absolute Gasteiger partial charge is 0.261 e. The molecule has 2 aromatic carbocycles. The maximum Gasteiger partial charge on any atom is 0.261 e. The highest BCUT2D eigenvalue weighted by molar-refractivity contribution is 5.88. The van der Waals surface area contributed by atoms with Gasteiger partial charge in [-0.25, -0.2) is 4.39 Å². The summed E-state index contributed by atoms with van der Waals surface area (Å²) in [4.78, 5) is 27.0. The number of rotatable bonds is 9. The maximum absolute atomic E-state index is 13.0. The first-order valence-corrected chi connectivity index (χ1v) is 9.45.